The Balaban J connectivity index is -0.00000129. The third-order valence-corrected chi connectivity index (χ3v) is 7.54. The minimum atomic E-state index is -4.67. The quantitative estimate of drug-likeness (QED) is 0.0447. The minimum Gasteiger partial charge on any atom is -0.324 e. The summed E-state index contributed by atoms with van der Waals surface area (Å²) in [4.78, 5) is 0. The maximum Gasteiger partial charge on any atom is 0.394 e. The van der Waals surface area contributed by atoms with E-state index in [1.807, 2.05) is 0 Å². The zero-order valence-corrected chi connectivity index (χ0v) is 29.7. The summed E-state index contributed by atoms with van der Waals surface area (Å²) < 4.78 is 65.6. The highest BCUT2D eigenvalue weighted by molar-refractivity contribution is 7.80. The van der Waals surface area contributed by atoms with Gasteiger partial charge in [-0.25, -0.2) is 0 Å². The second-order valence-electron chi connectivity index (χ2n) is 13.0. The van der Waals surface area contributed by atoms with Gasteiger partial charge in [-0.05, 0) is 25.7 Å². The molecule has 0 spiro atoms. The van der Waals surface area contributed by atoms with E-state index in [0.29, 0.717) is 0 Å². The van der Waals surface area contributed by atoms with E-state index in [9.17, 15) is 0 Å². The molecule has 0 unspecified atom stereocenters. The fourth-order valence-electron chi connectivity index (χ4n) is 4.82. The van der Waals surface area contributed by atoms with Crippen molar-refractivity contribution in [3.63, 3.8) is 0 Å². The molecule has 0 atom stereocenters. The highest BCUT2D eigenvalue weighted by atomic mass is 32.3. The van der Waals surface area contributed by atoms with Gasteiger partial charge < -0.3 is 8.97 Å². The topological polar surface area (TPSA) is 149 Å². The maximum absolute atomic E-state index is 8.74. The molecule has 0 aromatic rings. The second-order valence-corrected chi connectivity index (χ2v) is 14.8. The first-order valence-corrected chi connectivity index (χ1v) is 19.2. The third-order valence-electron chi connectivity index (χ3n) is 7.54. The summed E-state index contributed by atoms with van der Waals surface area (Å²) in [7, 11) is 0.477. The van der Waals surface area contributed by atoms with Gasteiger partial charge in [0.2, 0.25) is 0 Å². The zero-order valence-electron chi connectivity index (χ0n) is 28.1. The van der Waals surface area contributed by atoms with E-state index in [2.05, 4.69) is 42.0 Å². The molecule has 258 valence electrons. The van der Waals surface area contributed by atoms with Gasteiger partial charge in [0, 0.05) is 0 Å². The molecule has 0 saturated carbocycles. The molecule has 0 aromatic heterocycles. The molecule has 0 rings (SSSR count). The van der Waals surface area contributed by atoms with Crippen molar-refractivity contribution in [3.05, 3.63) is 0 Å². The van der Waals surface area contributed by atoms with E-state index in [1.165, 1.54) is 164 Å². The minimum absolute atomic E-state index is 1.21. The van der Waals surface area contributed by atoms with Crippen LogP contribution in [0.3, 0.4) is 0 Å². The van der Waals surface area contributed by atoms with Gasteiger partial charge in [0.1, 0.15) is 13.1 Å². The molecular formula is C30H70N2O8S2+2. The van der Waals surface area contributed by atoms with Crippen molar-refractivity contribution in [1.82, 2.24) is 0 Å². The molecule has 0 heterocycles. The van der Waals surface area contributed by atoms with Crippen LogP contribution in [-0.4, -0.2) is 98.4 Å². The van der Waals surface area contributed by atoms with Crippen molar-refractivity contribution in [1.29, 1.82) is 0 Å². The predicted octanol–water partition coefficient (Wildman–Crippen LogP) is 7.68. The van der Waals surface area contributed by atoms with Crippen LogP contribution < -0.4 is 0 Å². The highest BCUT2D eigenvalue weighted by Crippen LogP contribution is 2.14. The first kappa shape index (κ1) is 46.1. The lowest BCUT2D eigenvalue weighted by molar-refractivity contribution is -0.946. The standard InChI is InChI=1S/C30H66N2.2H2O4S/c1-7-9-11-13-15-17-19-21-23-25-27-31(3,4)29-30-32(5,6)28-26-24-22-20-18-16-14-12-10-8-2;2*1-5(2,3)4/h7-30H2,1-6H3;2*(H2,1,2,3,4)/q+2;;. The Kier molecular flexibility index (Phi) is 30.9. The Morgan fingerprint density at radius 2 is 0.524 bits per heavy atom. The Bertz CT molecular complexity index is 707. The summed E-state index contributed by atoms with van der Waals surface area (Å²) in [5.74, 6) is 0. The highest BCUT2D eigenvalue weighted by Gasteiger charge is 2.22. The van der Waals surface area contributed by atoms with Crippen LogP contribution in [0.1, 0.15) is 142 Å². The molecular weight excluding hydrogens is 580 g/mol. The summed E-state index contributed by atoms with van der Waals surface area (Å²) >= 11 is 0. The van der Waals surface area contributed by atoms with E-state index in [1.54, 1.807) is 0 Å². The molecule has 0 amide bonds. The number of hydrogen-bond acceptors (Lipinski definition) is 4. The van der Waals surface area contributed by atoms with Crippen molar-refractivity contribution in [2.45, 2.75) is 142 Å². The van der Waals surface area contributed by atoms with E-state index < -0.39 is 20.8 Å². The van der Waals surface area contributed by atoms with Crippen LogP contribution in [0.2, 0.25) is 0 Å². The second kappa shape index (κ2) is 28.2. The first-order valence-electron chi connectivity index (χ1n) is 16.4. The van der Waals surface area contributed by atoms with E-state index in [4.69, 9.17) is 35.0 Å². The molecule has 0 fully saturated rings. The van der Waals surface area contributed by atoms with Crippen LogP contribution in [0.25, 0.3) is 0 Å². The van der Waals surface area contributed by atoms with Crippen molar-refractivity contribution >= 4 is 20.8 Å². The summed E-state index contributed by atoms with van der Waals surface area (Å²) in [6, 6.07) is 0. The van der Waals surface area contributed by atoms with Crippen molar-refractivity contribution in [2.24, 2.45) is 0 Å². The van der Waals surface area contributed by atoms with Crippen LogP contribution in [0.15, 0.2) is 0 Å². The van der Waals surface area contributed by atoms with Crippen LogP contribution >= 0.6 is 0 Å². The van der Waals surface area contributed by atoms with Crippen LogP contribution in [0, 0.1) is 0 Å². The van der Waals surface area contributed by atoms with Gasteiger partial charge in [-0.3, -0.25) is 18.2 Å². The van der Waals surface area contributed by atoms with Crippen LogP contribution in [0.4, 0.5) is 0 Å². The van der Waals surface area contributed by atoms with E-state index in [0.717, 1.165) is 0 Å². The Labute approximate surface area is 261 Å². The summed E-state index contributed by atoms with van der Waals surface area (Å²) in [5.41, 5.74) is 0. The van der Waals surface area contributed by atoms with Gasteiger partial charge in [0.15, 0.2) is 0 Å². The smallest absolute Gasteiger partial charge is 0.324 e. The fourth-order valence-corrected chi connectivity index (χ4v) is 4.82. The van der Waals surface area contributed by atoms with Crippen molar-refractivity contribution in [3.8, 4) is 0 Å². The lowest BCUT2D eigenvalue weighted by Crippen LogP contribution is -2.51. The molecule has 42 heavy (non-hydrogen) atoms. The van der Waals surface area contributed by atoms with Crippen LogP contribution in [0.5, 0.6) is 0 Å². The summed E-state index contributed by atoms with van der Waals surface area (Å²) in [6.45, 7) is 9.96. The van der Waals surface area contributed by atoms with Crippen molar-refractivity contribution < 1.29 is 44.0 Å². The molecule has 0 aliphatic carbocycles. The lowest BCUT2D eigenvalue weighted by Gasteiger charge is -2.36. The molecule has 0 radical (unpaired) electrons. The molecule has 12 heteroatoms. The summed E-state index contributed by atoms with van der Waals surface area (Å²) in [6.07, 6.45) is 28.8. The maximum atomic E-state index is 8.74. The number of unbranched alkanes of at least 4 members (excludes halogenated alkanes) is 18. The SMILES string of the molecule is CCCCCCCCCCCC[N+](C)(C)CC[N+](C)(C)CCCCCCCCCCCC.O=S(=O)(O)O.O=S(=O)(O)O. The van der Waals surface area contributed by atoms with Gasteiger partial charge in [-0.15, -0.1) is 0 Å². The third kappa shape index (κ3) is 55.6. The number of likely N-dealkylation sites (N-methyl/N-ethyl adjacent to an activating group) is 2. The molecule has 0 saturated heterocycles. The van der Waals surface area contributed by atoms with Crippen molar-refractivity contribution in [2.75, 3.05) is 54.4 Å². The lowest BCUT2D eigenvalue weighted by atomic mass is 10.1. The van der Waals surface area contributed by atoms with Gasteiger partial charge in [-0.1, -0.05) is 117 Å². The normalized spacial score (nSPS) is 12.3. The van der Waals surface area contributed by atoms with Crippen LogP contribution in [-0.2, 0) is 20.8 Å². The van der Waals surface area contributed by atoms with Gasteiger partial charge in [-0.2, -0.15) is 16.8 Å². The van der Waals surface area contributed by atoms with Gasteiger partial charge in [0.05, 0.1) is 41.3 Å². The summed E-state index contributed by atoms with van der Waals surface area (Å²) in [5, 5.41) is 0. The average molecular weight is 651 g/mol. The average Bonchev–Trinajstić information content (AvgIpc) is 2.83. The zero-order chi connectivity index (χ0) is 33.0. The molecule has 0 aliphatic heterocycles. The Morgan fingerprint density at radius 3 is 0.714 bits per heavy atom. The Morgan fingerprint density at radius 1 is 0.357 bits per heavy atom. The molecule has 0 aliphatic rings. The van der Waals surface area contributed by atoms with E-state index >= 15 is 0 Å². The molecule has 0 bridgehead atoms. The van der Waals surface area contributed by atoms with E-state index in [-0.39, 0.29) is 0 Å². The molecule has 10 nitrogen and oxygen atoms in total. The molecule has 4 N–H and O–H groups in total. The number of quaternary nitrogens is 2. The van der Waals surface area contributed by atoms with Gasteiger partial charge >= 0.3 is 20.8 Å². The fraction of sp³-hybridized carbons (Fsp3) is 1.00. The Hall–Kier alpha value is -0.340. The monoisotopic (exact) mass is 650 g/mol. The predicted molar refractivity (Wildman–Crippen MR) is 176 cm³/mol. The number of nitrogens with zero attached hydrogens (tertiary/aromatic N) is 2. The number of hydrogen-bond donors (Lipinski definition) is 4. The molecule has 0 aromatic carbocycles. The number of rotatable bonds is 25. The largest absolute Gasteiger partial charge is 0.394 e. The van der Waals surface area contributed by atoms with Gasteiger partial charge in [0.25, 0.3) is 0 Å². The first-order chi connectivity index (χ1) is 19.3.